The van der Waals surface area contributed by atoms with Crippen molar-refractivity contribution in [3.63, 3.8) is 0 Å². The largest absolute Gasteiger partial charge is 0.360 e. The topological polar surface area (TPSA) is 63.1 Å². The summed E-state index contributed by atoms with van der Waals surface area (Å²) in [5.41, 5.74) is 10.3. The van der Waals surface area contributed by atoms with Gasteiger partial charge in [0, 0.05) is 37.0 Å². The predicted molar refractivity (Wildman–Crippen MR) is 230 cm³/mol. The van der Waals surface area contributed by atoms with Crippen molar-refractivity contribution in [3.8, 4) is 45.3 Å². The first-order valence-electron chi connectivity index (χ1n) is 18.5. The maximum atomic E-state index is 5.22. The number of hydrogen-bond donors (Lipinski definition) is 1. The van der Waals surface area contributed by atoms with E-state index in [0.29, 0.717) is 17.5 Å². The number of aliphatic imine (C=N–C) groups is 1. The normalized spacial score (nSPS) is 14.8. The summed E-state index contributed by atoms with van der Waals surface area (Å²) in [4.78, 5) is 20.7. The molecule has 1 N–H and O–H groups in total. The summed E-state index contributed by atoms with van der Waals surface area (Å²) < 4.78 is 2.38. The highest BCUT2D eigenvalue weighted by Crippen LogP contribution is 2.39. The molecule has 5 nitrogen and oxygen atoms in total. The first kappa shape index (κ1) is 34.0. The summed E-state index contributed by atoms with van der Waals surface area (Å²) in [5, 5.41) is 6.08. The van der Waals surface area contributed by atoms with Crippen molar-refractivity contribution in [2.24, 2.45) is 4.99 Å². The van der Waals surface area contributed by atoms with Crippen LogP contribution in [-0.2, 0) is 0 Å². The number of thiophene rings is 1. The molecule has 1 aliphatic rings. The minimum absolute atomic E-state index is 0.209. The van der Waals surface area contributed by atoms with Crippen molar-refractivity contribution in [1.82, 2.24) is 20.3 Å². The summed E-state index contributed by atoms with van der Waals surface area (Å²) >= 11 is 1.78. The lowest BCUT2D eigenvalue weighted by Gasteiger charge is -2.25. The van der Waals surface area contributed by atoms with Crippen molar-refractivity contribution >= 4 is 45.0 Å². The molecule has 0 saturated heterocycles. The quantitative estimate of drug-likeness (QED) is 0.178. The first-order chi connectivity index (χ1) is 27.2. The maximum absolute atomic E-state index is 5.22. The van der Waals surface area contributed by atoms with Gasteiger partial charge in [-0.15, -0.1) is 11.3 Å². The lowest BCUT2D eigenvalue weighted by molar-refractivity contribution is 0.664. The Morgan fingerprint density at radius 3 is 1.65 bits per heavy atom. The van der Waals surface area contributed by atoms with E-state index in [9.17, 15) is 0 Å². The van der Waals surface area contributed by atoms with Gasteiger partial charge in [-0.05, 0) is 53.0 Å². The third kappa shape index (κ3) is 6.69. The molecule has 55 heavy (non-hydrogen) atoms. The minimum atomic E-state index is -0.209. The Morgan fingerprint density at radius 1 is 0.527 bits per heavy atom. The van der Waals surface area contributed by atoms with E-state index in [-0.39, 0.29) is 6.17 Å². The van der Waals surface area contributed by atoms with Gasteiger partial charge >= 0.3 is 0 Å². The van der Waals surface area contributed by atoms with Gasteiger partial charge in [0.2, 0.25) is 0 Å². The van der Waals surface area contributed by atoms with Gasteiger partial charge in [-0.2, -0.15) is 0 Å². The Morgan fingerprint density at radius 2 is 1.07 bits per heavy atom. The molecule has 3 heterocycles. The van der Waals surface area contributed by atoms with Crippen molar-refractivity contribution in [3.05, 3.63) is 190 Å². The molecule has 0 aliphatic carbocycles. The fourth-order valence-electron chi connectivity index (χ4n) is 7.18. The van der Waals surface area contributed by atoms with E-state index in [1.807, 2.05) is 48.5 Å². The summed E-state index contributed by atoms with van der Waals surface area (Å²) in [5.74, 6) is 1.93. The SMILES string of the molecule is C/C=c1\c(=C/C)sc2c(-c3nc(-c4ccccc4)nc(-c4ccccc4)n3)c(-c3ccc(C4=NC(c5ccccc5)NC(c5ccccc5)=C4)cc3)ccc12. The van der Waals surface area contributed by atoms with E-state index in [0.717, 1.165) is 60.6 Å². The van der Waals surface area contributed by atoms with Crippen LogP contribution in [0.5, 0.6) is 0 Å². The average molecular weight is 728 g/mol. The fraction of sp³-hybridized carbons (Fsp3) is 0.0612. The van der Waals surface area contributed by atoms with E-state index < -0.39 is 0 Å². The van der Waals surface area contributed by atoms with Gasteiger partial charge in [0.25, 0.3) is 0 Å². The summed E-state index contributed by atoms with van der Waals surface area (Å²) in [6.45, 7) is 4.21. The van der Waals surface area contributed by atoms with Crippen LogP contribution >= 0.6 is 11.3 Å². The molecule has 0 bridgehead atoms. The molecule has 6 heteroatoms. The molecule has 1 unspecified atom stereocenters. The van der Waals surface area contributed by atoms with E-state index in [2.05, 4.69) is 147 Å². The number of aromatic nitrogens is 3. The lowest BCUT2D eigenvalue weighted by Crippen LogP contribution is -2.24. The molecule has 8 aromatic rings. The Kier molecular flexibility index (Phi) is 9.24. The number of nitrogens with one attached hydrogen (secondary N) is 1. The van der Waals surface area contributed by atoms with Crippen molar-refractivity contribution in [2.75, 3.05) is 0 Å². The van der Waals surface area contributed by atoms with Gasteiger partial charge in [-0.3, -0.25) is 4.99 Å². The van der Waals surface area contributed by atoms with Gasteiger partial charge in [0.15, 0.2) is 17.5 Å². The highest BCUT2D eigenvalue weighted by atomic mass is 32.1. The Labute approximate surface area is 324 Å². The van der Waals surface area contributed by atoms with Gasteiger partial charge < -0.3 is 5.32 Å². The molecule has 2 aromatic heterocycles. The van der Waals surface area contributed by atoms with Gasteiger partial charge in [0.1, 0.15) is 6.17 Å². The minimum Gasteiger partial charge on any atom is -0.360 e. The third-order valence-corrected chi connectivity index (χ3v) is 11.2. The fourth-order valence-corrected chi connectivity index (χ4v) is 8.45. The summed E-state index contributed by atoms with van der Waals surface area (Å²) in [6.07, 6.45) is 6.33. The van der Waals surface area contributed by atoms with Crippen LogP contribution in [-0.4, -0.2) is 20.7 Å². The average Bonchev–Trinajstić information content (AvgIpc) is 3.65. The number of nitrogens with zero attached hydrogens (tertiary/aromatic N) is 4. The molecule has 264 valence electrons. The molecule has 0 saturated carbocycles. The highest BCUT2D eigenvalue weighted by molar-refractivity contribution is 7.17. The monoisotopic (exact) mass is 727 g/mol. The number of allylic oxidation sites excluding steroid dienone is 1. The number of benzene rings is 6. The molecule has 0 amide bonds. The van der Waals surface area contributed by atoms with Crippen LogP contribution in [0.15, 0.2) is 169 Å². The zero-order chi connectivity index (χ0) is 37.1. The standard InChI is InChI=1S/C49H37N5S/c1-3-38-40-30-29-39(32-25-27-34(28-26-32)42-31-41(33-17-9-5-10-18-33)50-46(51-42)35-19-11-6-12-20-35)44(45(40)55-43(38)4-2)49-53-47(36-21-13-7-14-22-36)52-48(54-49)37-23-15-8-16-24-37/h3-31,46,50H,1-2H3/b38-3-,43-4+. The van der Waals surface area contributed by atoms with Gasteiger partial charge in [-0.1, -0.05) is 170 Å². The Hall–Kier alpha value is -6.76. The summed E-state index contributed by atoms with van der Waals surface area (Å²) in [6, 6.07) is 54.4. The van der Waals surface area contributed by atoms with Gasteiger partial charge in [0.05, 0.1) is 5.71 Å². The molecule has 1 atom stereocenters. The molecule has 6 aromatic carbocycles. The maximum Gasteiger partial charge on any atom is 0.166 e. The number of fused-ring (bicyclic) bond motifs is 1. The lowest BCUT2D eigenvalue weighted by atomic mass is 9.95. The second-order valence-electron chi connectivity index (χ2n) is 13.3. The Balaban J connectivity index is 1.22. The molecule has 0 fully saturated rings. The number of rotatable bonds is 7. The van der Waals surface area contributed by atoms with Crippen molar-refractivity contribution in [1.29, 1.82) is 0 Å². The molecular weight excluding hydrogens is 691 g/mol. The summed E-state index contributed by atoms with van der Waals surface area (Å²) in [7, 11) is 0. The highest BCUT2D eigenvalue weighted by Gasteiger charge is 2.22. The van der Waals surface area contributed by atoms with Crippen LogP contribution in [0, 0.1) is 0 Å². The predicted octanol–water partition coefficient (Wildman–Crippen LogP) is 10.5. The second-order valence-corrected chi connectivity index (χ2v) is 14.4. The van der Waals surface area contributed by atoms with Crippen LogP contribution in [0.1, 0.15) is 36.7 Å². The molecular formula is C49H37N5S. The van der Waals surface area contributed by atoms with E-state index in [4.69, 9.17) is 19.9 Å². The van der Waals surface area contributed by atoms with Crippen molar-refractivity contribution in [2.45, 2.75) is 20.0 Å². The number of hydrogen-bond acceptors (Lipinski definition) is 6. The van der Waals surface area contributed by atoms with Crippen LogP contribution in [0.25, 0.3) is 73.2 Å². The second kappa shape index (κ2) is 14.9. The van der Waals surface area contributed by atoms with Crippen molar-refractivity contribution < 1.29 is 0 Å². The molecule has 1 aliphatic heterocycles. The van der Waals surface area contributed by atoms with Crippen LogP contribution in [0.3, 0.4) is 0 Å². The van der Waals surface area contributed by atoms with E-state index >= 15 is 0 Å². The first-order valence-corrected chi connectivity index (χ1v) is 19.3. The van der Waals surface area contributed by atoms with Crippen LogP contribution in [0.4, 0.5) is 0 Å². The molecule has 0 spiro atoms. The van der Waals surface area contributed by atoms with Gasteiger partial charge in [-0.25, -0.2) is 15.0 Å². The van der Waals surface area contributed by atoms with Crippen LogP contribution < -0.4 is 15.1 Å². The third-order valence-electron chi connectivity index (χ3n) is 9.93. The zero-order valence-electron chi connectivity index (χ0n) is 30.5. The zero-order valence-corrected chi connectivity index (χ0v) is 31.3. The molecule has 0 radical (unpaired) electrons. The van der Waals surface area contributed by atoms with Crippen LogP contribution in [0.2, 0.25) is 0 Å². The Bertz CT molecular complexity index is 2770. The van der Waals surface area contributed by atoms with E-state index in [1.165, 1.54) is 15.1 Å². The molecule has 9 rings (SSSR count). The van der Waals surface area contributed by atoms with E-state index in [1.54, 1.807) is 11.3 Å². The smallest absolute Gasteiger partial charge is 0.166 e.